The number of aliphatic hydroxyl groups is 1. The first-order valence-corrected chi connectivity index (χ1v) is 11.4. The topological polar surface area (TPSA) is 115 Å². The van der Waals surface area contributed by atoms with E-state index in [-0.39, 0.29) is 24.8 Å². The molecule has 2 heterocycles. The van der Waals surface area contributed by atoms with E-state index < -0.39 is 29.2 Å². The van der Waals surface area contributed by atoms with Crippen LogP contribution < -0.4 is 9.26 Å². The Labute approximate surface area is 194 Å². The summed E-state index contributed by atoms with van der Waals surface area (Å²) in [6, 6.07) is 3.74. The van der Waals surface area contributed by atoms with Crippen LogP contribution in [-0.2, 0) is 26.1 Å². The Balaban J connectivity index is 1.55. The summed E-state index contributed by atoms with van der Waals surface area (Å²) in [7, 11) is 2.22. The lowest BCUT2D eigenvalue weighted by Gasteiger charge is -2.60. The van der Waals surface area contributed by atoms with E-state index in [0.717, 1.165) is 17.7 Å². The number of carboxylic acids is 1. The van der Waals surface area contributed by atoms with Crippen LogP contribution in [0.2, 0.25) is 0 Å². The summed E-state index contributed by atoms with van der Waals surface area (Å²) in [5.74, 6) is 0.296. The van der Waals surface area contributed by atoms with Crippen molar-refractivity contribution in [3.8, 4) is 11.5 Å². The quantitative estimate of drug-likeness (QED) is 0.242. The van der Waals surface area contributed by atoms with Crippen LogP contribution in [0, 0.1) is 0 Å². The molecule has 11 heteroatoms. The third-order valence-corrected chi connectivity index (χ3v) is 8.28. The van der Waals surface area contributed by atoms with Crippen molar-refractivity contribution in [2.24, 2.45) is 0 Å². The van der Waals surface area contributed by atoms with Crippen LogP contribution >= 0.6 is 32.3 Å². The van der Waals surface area contributed by atoms with Crippen molar-refractivity contribution in [2.75, 3.05) is 13.2 Å². The van der Waals surface area contributed by atoms with Gasteiger partial charge in [0.2, 0.25) is 0 Å². The number of halogens is 1. The molecule has 0 radical (unpaired) electrons. The van der Waals surface area contributed by atoms with Crippen molar-refractivity contribution in [1.82, 2.24) is 3.11 Å². The number of aliphatic carboxylic acids is 1. The fourth-order valence-electron chi connectivity index (χ4n) is 5.61. The molecule has 0 aromatic heterocycles. The Morgan fingerprint density at radius 1 is 1.39 bits per heavy atom. The van der Waals surface area contributed by atoms with E-state index >= 15 is 0 Å². The summed E-state index contributed by atoms with van der Waals surface area (Å²) < 4.78 is 24.3. The first-order chi connectivity index (χ1) is 14.8. The number of hydrogen-bond acceptors (Lipinski definition) is 8. The molecule has 4 aliphatic rings. The van der Waals surface area contributed by atoms with Gasteiger partial charge in [0.15, 0.2) is 17.6 Å². The molecule has 1 fully saturated rings. The Kier molecular flexibility index (Phi) is 5.12. The van der Waals surface area contributed by atoms with Crippen molar-refractivity contribution >= 4 is 44.5 Å². The standard InChI is InChI=1S/C20H21INO8P/c21-22-7-6-19-15-10-1-2-11(30-31)16(15)29-17(19)12(3-5-20(19,26)13(22)9-10)28-18(25)27-8-4-14(23)24/h1-3,13,17,26H,4-9,31H2,(H,23,24)/t13-,17+,19+,20-/m0/s1. The molecule has 5 rings (SSSR count). The summed E-state index contributed by atoms with van der Waals surface area (Å²) in [5.41, 5.74) is 0.126. The van der Waals surface area contributed by atoms with E-state index in [4.69, 9.17) is 23.8 Å². The van der Waals surface area contributed by atoms with Crippen molar-refractivity contribution < 1.29 is 38.5 Å². The van der Waals surface area contributed by atoms with Gasteiger partial charge in [0.05, 0.1) is 32.9 Å². The van der Waals surface area contributed by atoms with Gasteiger partial charge in [-0.3, -0.25) is 4.79 Å². The molecular weight excluding hydrogens is 540 g/mol. The lowest BCUT2D eigenvalue weighted by molar-refractivity contribution is -0.146. The predicted molar refractivity (Wildman–Crippen MR) is 118 cm³/mol. The number of piperidine rings is 1. The summed E-state index contributed by atoms with van der Waals surface area (Å²) in [5, 5.41) is 20.8. The zero-order chi connectivity index (χ0) is 22.0. The van der Waals surface area contributed by atoms with Gasteiger partial charge in [0.1, 0.15) is 12.4 Å². The fraction of sp³-hybridized carbons (Fsp3) is 0.500. The van der Waals surface area contributed by atoms with Crippen LogP contribution in [0.5, 0.6) is 11.5 Å². The minimum Gasteiger partial charge on any atom is -0.481 e. The van der Waals surface area contributed by atoms with Gasteiger partial charge in [0, 0.05) is 41.4 Å². The van der Waals surface area contributed by atoms with E-state index in [1.807, 2.05) is 12.1 Å². The maximum absolute atomic E-state index is 12.2. The molecule has 5 atom stereocenters. The summed E-state index contributed by atoms with van der Waals surface area (Å²) in [6.07, 6.45) is 1.24. The molecule has 2 N–H and O–H groups in total. The van der Waals surface area contributed by atoms with Crippen LogP contribution in [0.25, 0.3) is 0 Å². The van der Waals surface area contributed by atoms with Gasteiger partial charge < -0.3 is 28.9 Å². The monoisotopic (exact) mass is 561 g/mol. The van der Waals surface area contributed by atoms with Crippen molar-refractivity contribution in [3.63, 3.8) is 0 Å². The highest BCUT2D eigenvalue weighted by molar-refractivity contribution is 14.1. The minimum absolute atomic E-state index is 0.116. The molecule has 1 aromatic carbocycles. The molecule has 31 heavy (non-hydrogen) atoms. The van der Waals surface area contributed by atoms with Crippen LogP contribution in [0.1, 0.15) is 30.4 Å². The number of carboxylic acid groups (broad SMARTS) is 1. The zero-order valence-electron chi connectivity index (χ0n) is 16.4. The van der Waals surface area contributed by atoms with Crippen LogP contribution in [0.15, 0.2) is 24.0 Å². The van der Waals surface area contributed by atoms with Crippen molar-refractivity contribution in [1.29, 1.82) is 0 Å². The van der Waals surface area contributed by atoms with E-state index in [9.17, 15) is 14.7 Å². The highest BCUT2D eigenvalue weighted by atomic mass is 127. The second-order valence-electron chi connectivity index (χ2n) is 8.19. The third kappa shape index (κ3) is 2.91. The number of hydrogen-bond donors (Lipinski definition) is 2. The highest BCUT2D eigenvalue weighted by Crippen LogP contribution is 2.65. The molecule has 166 valence electrons. The van der Waals surface area contributed by atoms with Gasteiger partial charge in [-0.05, 0) is 30.5 Å². The van der Waals surface area contributed by atoms with Gasteiger partial charge in [-0.25, -0.2) is 7.91 Å². The Bertz CT molecular complexity index is 1000. The number of carbonyl (C=O) groups is 2. The number of carbonyl (C=O) groups excluding carboxylic acids is 1. The molecule has 2 bridgehead atoms. The normalized spacial score (nSPS) is 32.4. The van der Waals surface area contributed by atoms with E-state index in [1.54, 1.807) is 6.08 Å². The average molecular weight is 561 g/mol. The van der Waals surface area contributed by atoms with Gasteiger partial charge in [-0.15, -0.1) is 0 Å². The summed E-state index contributed by atoms with van der Waals surface area (Å²) in [6.45, 7) is 0.456. The minimum atomic E-state index is -1.10. The molecule has 0 amide bonds. The van der Waals surface area contributed by atoms with Crippen LogP contribution in [-0.4, -0.2) is 56.3 Å². The van der Waals surface area contributed by atoms with Crippen molar-refractivity contribution in [3.05, 3.63) is 35.1 Å². The zero-order valence-corrected chi connectivity index (χ0v) is 19.7. The molecule has 1 aromatic rings. The number of benzene rings is 1. The number of nitrogens with zero attached hydrogens (tertiary/aromatic N) is 1. The largest absolute Gasteiger partial charge is 0.513 e. The Hall–Kier alpha value is -1.62. The van der Waals surface area contributed by atoms with E-state index in [1.165, 1.54) is 0 Å². The van der Waals surface area contributed by atoms with E-state index in [2.05, 4.69) is 35.4 Å². The second kappa shape index (κ2) is 7.47. The molecule has 2 aliphatic carbocycles. The molecule has 0 saturated carbocycles. The van der Waals surface area contributed by atoms with Crippen LogP contribution in [0.4, 0.5) is 4.79 Å². The molecular formula is C20H21INO8P. The Morgan fingerprint density at radius 2 is 2.19 bits per heavy atom. The smallest absolute Gasteiger partial charge is 0.481 e. The van der Waals surface area contributed by atoms with Gasteiger partial charge >= 0.3 is 12.1 Å². The average Bonchev–Trinajstić information content (AvgIpc) is 3.08. The van der Waals surface area contributed by atoms with E-state index in [0.29, 0.717) is 30.8 Å². The first-order valence-electron chi connectivity index (χ1n) is 9.93. The SMILES string of the molecule is O=C(O)CCOC(=O)OC1=CC[C@]2(O)[C@@H]3Cc4ccc(OP)c5c4[C@]2(CCN3I)[C@@H]1O5. The van der Waals surface area contributed by atoms with Crippen LogP contribution in [0.3, 0.4) is 0 Å². The molecule has 1 saturated heterocycles. The molecule has 1 spiro atoms. The summed E-state index contributed by atoms with van der Waals surface area (Å²) >= 11 is 2.27. The van der Waals surface area contributed by atoms with Gasteiger partial charge in [0.25, 0.3) is 0 Å². The maximum atomic E-state index is 12.2. The first kappa shape index (κ1) is 21.2. The highest BCUT2D eigenvalue weighted by Gasteiger charge is 2.72. The lowest BCUT2D eigenvalue weighted by atomic mass is 9.50. The Morgan fingerprint density at radius 3 is 2.94 bits per heavy atom. The predicted octanol–water partition coefficient (Wildman–Crippen LogP) is 2.48. The summed E-state index contributed by atoms with van der Waals surface area (Å²) in [4.78, 5) is 22.9. The van der Waals surface area contributed by atoms with Crippen molar-refractivity contribution in [2.45, 2.75) is 48.8 Å². The second-order valence-corrected chi connectivity index (χ2v) is 9.66. The molecule has 1 unspecified atom stereocenters. The third-order valence-electron chi connectivity index (χ3n) is 6.87. The maximum Gasteiger partial charge on any atom is 0.513 e. The number of ether oxygens (including phenoxy) is 3. The number of rotatable bonds is 5. The molecule has 2 aliphatic heterocycles. The fourth-order valence-corrected chi connectivity index (χ4v) is 6.69. The lowest BCUT2D eigenvalue weighted by Crippen LogP contribution is -2.73. The van der Waals surface area contributed by atoms with Gasteiger partial charge in [-0.1, -0.05) is 6.07 Å². The van der Waals surface area contributed by atoms with Gasteiger partial charge in [-0.2, -0.15) is 0 Å². The molecule has 9 nitrogen and oxygen atoms in total.